The first-order valence-electron chi connectivity index (χ1n) is 13.2. The van der Waals surface area contributed by atoms with Crippen molar-refractivity contribution in [3.63, 3.8) is 0 Å². The standard InChI is InChI=1S/C31H30N2O3S/c34-37(35,32-19-22-9-6-16-36-22)23-14-15-29-28(18-23)26-12-5-13-27(26)31(33-29)30-24-10-3-1-7-20(24)17-21-8-2-4-11-25(21)30/h1-5,7-8,10-12,14-15,17-18,22,26-27,31-33H,6,9,13,16,19H2. The molecule has 1 fully saturated rings. The summed E-state index contributed by atoms with van der Waals surface area (Å²) < 4.78 is 34.6. The van der Waals surface area contributed by atoms with Gasteiger partial charge in [0, 0.05) is 24.8 Å². The number of hydrogen-bond donors (Lipinski definition) is 2. The fraction of sp³-hybridized carbons (Fsp3) is 0.290. The lowest BCUT2D eigenvalue weighted by Crippen LogP contribution is -2.32. The van der Waals surface area contributed by atoms with Crippen LogP contribution in [-0.2, 0) is 14.8 Å². The Morgan fingerprint density at radius 2 is 1.70 bits per heavy atom. The summed E-state index contributed by atoms with van der Waals surface area (Å²) in [6, 6.07) is 25.2. The normalized spacial score (nSPS) is 24.8. The molecule has 188 valence electrons. The quantitative estimate of drug-likeness (QED) is 0.245. The van der Waals surface area contributed by atoms with Crippen LogP contribution in [0.3, 0.4) is 0 Å². The number of fused-ring (bicyclic) bond motifs is 5. The lowest BCUT2D eigenvalue weighted by molar-refractivity contribution is 0.114. The first-order valence-corrected chi connectivity index (χ1v) is 14.7. The summed E-state index contributed by atoms with van der Waals surface area (Å²) in [6.45, 7) is 1.03. The van der Waals surface area contributed by atoms with Gasteiger partial charge in [-0.3, -0.25) is 0 Å². The molecule has 3 aliphatic rings. The van der Waals surface area contributed by atoms with Gasteiger partial charge >= 0.3 is 0 Å². The largest absolute Gasteiger partial charge is 0.378 e. The van der Waals surface area contributed by atoms with E-state index in [0.717, 1.165) is 30.5 Å². The summed E-state index contributed by atoms with van der Waals surface area (Å²) in [5.74, 6) is 0.465. The molecule has 1 aliphatic carbocycles. The number of hydrogen-bond acceptors (Lipinski definition) is 4. The molecule has 1 saturated heterocycles. The third-order valence-corrected chi connectivity index (χ3v) is 9.71. The van der Waals surface area contributed by atoms with E-state index in [1.54, 1.807) is 6.07 Å². The number of rotatable bonds is 5. The van der Waals surface area contributed by atoms with E-state index >= 15 is 0 Å². The molecule has 4 unspecified atom stereocenters. The van der Waals surface area contributed by atoms with Gasteiger partial charge in [-0.2, -0.15) is 0 Å². The van der Waals surface area contributed by atoms with Crippen LogP contribution in [0.25, 0.3) is 21.5 Å². The first kappa shape index (κ1) is 23.0. The van der Waals surface area contributed by atoms with Crippen molar-refractivity contribution < 1.29 is 13.2 Å². The van der Waals surface area contributed by atoms with Crippen LogP contribution in [-0.4, -0.2) is 27.7 Å². The van der Waals surface area contributed by atoms with Gasteiger partial charge in [-0.1, -0.05) is 60.7 Å². The Morgan fingerprint density at radius 1 is 0.946 bits per heavy atom. The van der Waals surface area contributed by atoms with Crippen molar-refractivity contribution in [2.75, 3.05) is 18.5 Å². The summed E-state index contributed by atoms with van der Waals surface area (Å²) in [7, 11) is -3.62. The number of benzene rings is 4. The maximum atomic E-state index is 13.1. The maximum Gasteiger partial charge on any atom is 0.240 e. The Bertz CT molecular complexity index is 1590. The van der Waals surface area contributed by atoms with Crippen molar-refractivity contribution >= 4 is 37.3 Å². The van der Waals surface area contributed by atoms with Crippen molar-refractivity contribution in [3.8, 4) is 0 Å². The van der Waals surface area contributed by atoms with E-state index in [1.165, 1.54) is 27.1 Å². The Kier molecular flexibility index (Phi) is 5.57. The smallest absolute Gasteiger partial charge is 0.240 e. The summed E-state index contributed by atoms with van der Waals surface area (Å²) in [6.07, 6.45) is 7.32. The zero-order valence-corrected chi connectivity index (χ0v) is 21.4. The molecule has 2 heterocycles. The highest BCUT2D eigenvalue weighted by atomic mass is 32.2. The molecule has 7 rings (SSSR count). The van der Waals surface area contributed by atoms with E-state index < -0.39 is 10.0 Å². The summed E-state index contributed by atoms with van der Waals surface area (Å²) >= 11 is 0. The van der Waals surface area contributed by atoms with Gasteiger partial charge in [0.1, 0.15) is 0 Å². The predicted molar refractivity (Wildman–Crippen MR) is 148 cm³/mol. The molecule has 0 spiro atoms. The van der Waals surface area contributed by atoms with Gasteiger partial charge < -0.3 is 10.1 Å². The summed E-state index contributed by atoms with van der Waals surface area (Å²) in [5.41, 5.74) is 3.39. The topological polar surface area (TPSA) is 67.4 Å². The summed E-state index contributed by atoms with van der Waals surface area (Å²) in [4.78, 5) is 0.319. The average Bonchev–Trinajstić information content (AvgIpc) is 3.63. The van der Waals surface area contributed by atoms with E-state index in [0.29, 0.717) is 24.0 Å². The van der Waals surface area contributed by atoms with Crippen molar-refractivity contribution in [3.05, 3.63) is 96.1 Å². The average molecular weight is 511 g/mol. The molecule has 0 amide bonds. The first-order chi connectivity index (χ1) is 18.1. The third-order valence-electron chi connectivity index (χ3n) is 8.29. The second-order valence-electron chi connectivity index (χ2n) is 10.4. The van der Waals surface area contributed by atoms with Crippen LogP contribution in [0, 0.1) is 5.92 Å². The Hall–Kier alpha value is -3.19. The minimum Gasteiger partial charge on any atom is -0.378 e. The highest BCUT2D eigenvalue weighted by Crippen LogP contribution is 2.52. The Labute approximate surface area is 217 Å². The molecule has 0 radical (unpaired) electrons. The maximum absolute atomic E-state index is 13.1. The zero-order chi connectivity index (χ0) is 25.0. The van der Waals surface area contributed by atoms with E-state index in [2.05, 4.69) is 76.8 Å². The molecule has 4 aromatic carbocycles. The Balaban J connectivity index is 1.29. The van der Waals surface area contributed by atoms with Gasteiger partial charge in [-0.15, -0.1) is 0 Å². The van der Waals surface area contributed by atoms with Crippen LogP contribution in [0.2, 0.25) is 0 Å². The van der Waals surface area contributed by atoms with Crippen molar-refractivity contribution in [1.82, 2.24) is 4.72 Å². The molecule has 37 heavy (non-hydrogen) atoms. The fourth-order valence-electron chi connectivity index (χ4n) is 6.50. The number of sulfonamides is 1. The van der Waals surface area contributed by atoms with E-state index in [-0.39, 0.29) is 18.1 Å². The SMILES string of the molecule is O=S(=O)(NCC1CCCO1)c1ccc2c(c1)C1C=CCC1C(c1c3ccccc3cc3ccccc13)N2. The van der Waals surface area contributed by atoms with Gasteiger partial charge in [-0.05, 0) is 82.1 Å². The Morgan fingerprint density at radius 3 is 2.43 bits per heavy atom. The van der Waals surface area contributed by atoms with Gasteiger partial charge in [0.2, 0.25) is 10.0 Å². The molecule has 4 atom stereocenters. The van der Waals surface area contributed by atoms with Crippen molar-refractivity contribution in [1.29, 1.82) is 0 Å². The monoisotopic (exact) mass is 510 g/mol. The van der Waals surface area contributed by atoms with Gasteiger partial charge in [-0.25, -0.2) is 13.1 Å². The van der Waals surface area contributed by atoms with Crippen LogP contribution >= 0.6 is 0 Å². The molecule has 0 aromatic heterocycles. The van der Waals surface area contributed by atoms with Crippen molar-refractivity contribution in [2.24, 2.45) is 5.92 Å². The molecule has 0 saturated carbocycles. The number of ether oxygens (including phenoxy) is 1. The minimum absolute atomic E-state index is 0.0347. The molecule has 0 bridgehead atoms. The highest BCUT2D eigenvalue weighted by Gasteiger charge is 2.39. The van der Waals surface area contributed by atoms with E-state index in [9.17, 15) is 8.42 Å². The van der Waals surface area contributed by atoms with Gasteiger partial charge in [0.05, 0.1) is 17.0 Å². The minimum atomic E-state index is -3.62. The number of allylic oxidation sites excluding steroid dienone is 2. The molecule has 2 N–H and O–H groups in total. The summed E-state index contributed by atoms with van der Waals surface area (Å²) in [5, 5.41) is 8.87. The number of nitrogens with one attached hydrogen (secondary N) is 2. The molecule has 4 aromatic rings. The van der Waals surface area contributed by atoms with Crippen LogP contribution < -0.4 is 10.0 Å². The highest BCUT2D eigenvalue weighted by molar-refractivity contribution is 7.89. The van der Waals surface area contributed by atoms with E-state index in [1.807, 2.05) is 12.1 Å². The fourth-order valence-corrected chi connectivity index (χ4v) is 7.60. The van der Waals surface area contributed by atoms with Crippen LogP contribution in [0.15, 0.2) is 89.8 Å². The molecular weight excluding hydrogens is 480 g/mol. The van der Waals surface area contributed by atoms with Crippen LogP contribution in [0.5, 0.6) is 0 Å². The molecule has 2 aliphatic heterocycles. The van der Waals surface area contributed by atoms with Gasteiger partial charge in [0.15, 0.2) is 0 Å². The van der Waals surface area contributed by atoms with Gasteiger partial charge in [0.25, 0.3) is 0 Å². The second-order valence-corrected chi connectivity index (χ2v) is 12.2. The van der Waals surface area contributed by atoms with Crippen LogP contribution in [0.4, 0.5) is 5.69 Å². The third kappa shape index (κ3) is 3.95. The lowest BCUT2D eigenvalue weighted by Gasteiger charge is -2.38. The predicted octanol–water partition coefficient (Wildman–Crippen LogP) is 6.28. The second kappa shape index (κ2) is 8.98. The zero-order valence-electron chi connectivity index (χ0n) is 20.6. The van der Waals surface area contributed by atoms with Crippen LogP contribution in [0.1, 0.15) is 42.3 Å². The number of anilines is 1. The molecular formula is C31H30N2O3S. The lowest BCUT2D eigenvalue weighted by atomic mass is 9.75. The molecule has 5 nitrogen and oxygen atoms in total. The van der Waals surface area contributed by atoms with Crippen molar-refractivity contribution in [2.45, 2.75) is 42.2 Å². The van der Waals surface area contributed by atoms with E-state index in [4.69, 9.17) is 4.74 Å². The molecule has 6 heteroatoms.